The van der Waals surface area contributed by atoms with E-state index in [9.17, 15) is 5.11 Å². The highest BCUT2D eigenvalue weighted by Gasteiger charge is 2.18. The molecule has 2 N–H and O–H groups in total. The van der Waals surface area contributed by atoms with Gasteiger partial charge in [0, 0.05) is 5.69 Å². The van der Waals surface area contributed by atoms with E-state index in [2.05, 4.69) is 55.6 Å². The van der Waals surface area contributed by atoms with Crippen molar-refractivity contribution in [2.75, 3.05) is 5.32 Å². The Bertz CT molecular complexity index is 657. The van der Waals surface area contributed by atoms with Crippen molar-refractivity contribution in [3.63, 3.8) is 0 Å². The van der Waals surface area contributed by atoms with Crippen LogP contribution in [-0.2, 0) is 0 Å². The van der Waals surface area contributed by atoms with Gasteiger partial charge in [0.25, 0.3) is 0 Å². The Morgan fingerprint density at radius 3 is 2.24 bits per heavy atom. The van der Waals surface area contributed by atoms with Crippen molar-refractivity contribution >= 4 is 22.2 Å². The third-order valence-electron chi connectivity index (χ3n) is 3.40. The molecule has 1 heterocycles. The summed E-state index contributed by atoms with van der Waals surface area (Å²) >= 11 is 1.10. The molecule has 0 spiro atoms. The first-order chi connectivity index (χ1) is 9.95. The van der Waals surface area contributed by atoms with Crippen LogP contribution in [-0.4, -0.2) is 9.48 Å². The molecule has 4 nitrogen and oxygen atoms in total. The average molecular weight is 301 g/mol. The summed E-state index contributed by atoms with van der Waals surface area (Å²) < 4.78 is 3.84. The van der Waals surface area contributed by atoms with Gasteiger partial charge in [0.1, 0.15) is 11.1 Å². The van der Waals surface area contributed by atoms with E-state index in [-0.39, 0.29) is 11.4 Å². The Labute approximate surface area is 129 Å². The van der Waals surface area contributed by atoms with Gasteiger partial charge in [-0.3, -0.25) is 0 Å². The third kappa shape index (κ3) is 3.01. The summed E-state index contributed by atoms with van der Waals surface area (Å²) in [6.45, 7) is 8.56. The van der Waals surface area contributed by atoms with Gasteiger partial charge in [0.05, 0.1) is 0 Å². The quantitative estimate of drug-likeness (QED) is 0.858. The molecule has 0 unspecified atom stereocenters. The fraction of sp³-hybridized carbons (Fsp3) is 0.375. The summed E-state index contributed by atoms with van der Waals surface area (Å²) in [5.74, 6) is 0.509. The average Bonchev–Trinajstić information content (AvgIpc) is 2.78. The second kappa shape index (κ2) is 6.15. The minimum Gasteiger partial charge on any atom is -0.492 e. The molecular formula is C16H19N3OS. The highest BCUT2D eigenvalue weighted by Crippen LogP contribution is 2.38. The van der Waals surface area contributed by atoms with Crippen molar-refractivity contribution in [3.05, 3.63) is 34.9 Å². The lowest BCUT2D eigenvalue weighted by molar-refractivity contribution is 0.458. The van der Waals surface area contributed by atoms with Crippen LogP contribution in [0.15, 0.2) is 18.2 Å². The molecule has 0 atom stereocenters. The number of rotatable bonds is 4. The highest BCUT2D eigenvalue weighted by molar-refractivity contribution is 7.10. The smallest absolute Gasteiger partial charge is 0.243 e. The van der Waals surface area contributed by atoms with Crippen LogP contribution >= 0.6 is 11.5 Å². The number of aromatic hydroxyl groups is 1. The van der Waals surface area contributed by atoms with E-state index in [0.717, 1.165) is 17.2 Å². The zero-order chi connectivity index (χ0) is 15.6. The summed E-state index contributed by atoms with van der Waals surface area (Å²) in [6, 6.07) is 8.24. The van der Waals surface area contributed by atoms with E-state index in [0.29, 0.717) is 16.8 Å². The molecule has 0 amide bonds. The summed E-state index contributed by atoms with van der Waals surface area (Å²) in [5, 5.41) is 22.6. The van der Waals surface area contributed by atoms with Crippen LogP contribution in [0.1, 0.15) is 56.2 Å². The lowest BCUT2D eigenvalue weighted by Crippen LogP contribution is -2.03. The number of hydrogen-bond donors (Lipinski definition) is 2. The Hall–Kier alpha value is -2.06. The summed E-state index contributed by atoms with van der Waals surface area (Å²) in [6.07, 6.45) is 0. The Morgan fingerprint density at radius 2 is 1.76 bits per heavy atom. The molecule has 5 heteroatoms. The summed E-state index contributed by atoms with van der Waals surface area (Å²) in [4.78, 5) is 0. The molecule has 2 aromatic rings. The number of nitrogens with zero attached hydrogens (tertiary/aromatic N) is 2. The molecule has 0 saturated carbocycles. The van der Waals surface area contributed by atoms with E-state index in [1.54, 1.807) is 0 Å². The molecular weight excluding hydrogens is 282 g/mol. The van der Waals surface area contributed by atoms with Gasteiger partial charge in [-0.15, -0.1) is 0 Å². The van der Waals surface area contributed by atoms with Gasteiger partial charge in [-0.25, -0.2) is 0 Å². The fourth-order valence-corrected chi connectivity index (χ4v) is 2.92. The third-order valence-corrected chi connectivity index (χ3v) is 4.15. The van der Waals surface area contributed by atoms with E-state index < -0.39 is 0 Å². The molecule has 1 aromatic carbocycles. The Balaban J connectivity index is 2.54. The lowest BCUT2D eigenvalue weighted by atomic mass is 9.92. The maximum Gasteiger partial charge on any atom is 0.243 e. The first-order valence-electron chi connectivity index (χ1n) is 6.94. The summed E-state index contributed by atoms with van der Waals surface area (Å²) in [5.41, 5.74) is 3.60. The van der Waals surface area contributed by atoms with Crippen molar-refractivity contribution in [2.45, 2.75) is 39.5 Å². The van der Waals surface area contributed by atoms with Crippen LogP contribution in [0.4, 0.5) is 10.7 Å². The molecule has 2 rings (SSSR count). The zero-order valence-electron chi connectivity index (χ0n) is 12.6. The minimum absolute atomic E-state index is 0.202. The fourth-order valence-electron chi connectivity index (χ4n) is 2.28. The van der Waals surface area contributed by atoms with Gasteiger partial charge < -0.3 is 10.4 Å². The predicted molar refractivity (Wildman–Crippen MR) is 86.4 cm³/mol. The number of nitriles is 1. The van der Waals surface area contributed by atoms with Crippen LogP contribution in [0.25, 0.3) is 0 Å². The molecule has 0 aliphatic heterocycles. The maximum atomic E-state index is 9.60. The topological polar surface area (TPSA) is 68.9 Å². The van der Waals surface area contributed by atoms with Crippen molar-refractivity contribution in [1.82, 2.24) is 4.37 Å². The molecule has 0 radical (unpaired) electrons. The van der Waals surface area contributed by atoms with Crippen molar-refractivity contribution < 1.29 is 5.11 Å². The van der Waals surface area contributed by atoms with E-state index in [1.807, 2.05) is 6.07 Å². The molecule has 0 saturated heterocycles. The first kappa shape index (κ1) is 15.3. The van der Waals surface area contributed by atoms with E-state index in [1.165, 1.54) is 11.1 Å². The molecule has 0 bridgehead atoms. The zero-order valence-corrected chi connectivity index (χ0v) is 13.5. The molecule has 1 aromatic heterocycles. The molecule has 0 fully saturated rings. The largest absolute Gasteiger partial charge is 0.492 e. The molecule has 110 valence electrons. The van der Waals surface area contributed by atoms with Crippen molar-refractivity contribution in [1.29, 1.82) is 5.26 Å². The number of para-hydroxylation sites is 1. The van der Waals surface area contributed by atoms with Crippen LogP contribution in [0, 0.1) is 11.3 Å². The number of nitrogens with one attached hydrogen (secondary N) is 1. The maximum absolute atomic E-state index is 9.60. The molecule has 0 aliphatic carbocycles. The lowest BCUT2D eigenvalue weighted by Gasteiger charge is -2.20. The van der Waals surface area contributed by atoms with Crippen LogP contribution in [0.3, 0.4) is 0 Å². The molecule has 21 heavy (non-hydrogen) atoms. The van der Waals surface area contributed by atoms with Crippen LogP contribution < -0.4 is 5.32 Å². The SMILES string of the molecule is CC(C)c1cccc(C(C)C)c1Nc1snc(O)c1C#N. The molecule has 0 aliphatic rings. The predicted octanol–water partition coefficient (Wildman–Crippen LogP) is 4.71. The van der Waals surface area contributed by atoms with Gasteiger partial charge in [-0.2, -0.15) is 9.64 Å². The first-order valence-corrected chi connectivity index (χ1v) is 7.71. The van der Waals surface area contributed by atoms with Crippen molar-refractivity contribution in [2.24, 2.45) is 0 Å². The van der Waals surface area contributed by atoms with E-state index >= 15 is 0 Å². The highest BCUT2D eigenvalue weighted by atomic mass is 32.1. The van der Waals surface area contributed by atoms with Gasteiger partial charge in [0.15, 0.2) is 5.56 Å². The van der Waals surface area contributed by atoms with Gasteiger partial charge in [-0.1, -0.05) is 45.9 Å². The van der Waals surface area contributed by atoms with Gasteiger partial charge >= 0.3 is 0 Å². The van der Waals surface area contributed by atoms with Crippen molar-refractivity contribution in [3.8, 4) is 11.9 Å². The minimum atomic E-state index is -0.210. The van der Waals surface area contributed by atoms with Gasteiger partial charge in [-0.05, 0) is 34.5 Å². The standard InChI is InChI=1S/C16H19N3OS/c1-9(2)11-6-5-7-12(10(3)4)14(11)18-16-13(8-17)15(20)19-21-16/h5-7,9-10,18H,1-4H3,(H,19,20). The number of aromatic nitrogens is 1. The van der Waals surface area contributed by atoms with E-state index in [4.69, 9.17) is 5.26 Å². The summed E-state index contributed by atoms with van der Waals surface area (Å²) in [7, 11) is 0. The van der Waals surface area contributed by atoms with Crippen LogP contribution in [0.5, 0.6) is 5.88 Å². The number of benzene rings is 1. The Kier molecular flexibility index (Phi) is 4.49. The second-order valence-electron chi connectivity index (χ2n) is 5.57. The van der Waals surface area contributed by atoms with Crippen LogP contribution in [0.2, 0.25) is 0 Å². The Morgan fingerprint density at radius 1 is 1.19 bits per heavy atom. The number of hydrogen-bond acceptors (Lipinski definition) is 5. The van der Waals surface area contributed by atoms with Gasteiger partial charge in [0.2, 0.25) is 5.88 Å². The normalized spacial score (nSPS) is 10.9. The monoisotopic (exact) mass is 301 g/mol. The number of anilines is 2. The second-order valence-corrected chi connectivity index (χ2v) is 6.34.